The number of H-pyrrole nitrogens is 1. The average Bonchev–Trinajstić information content (AvgIpc) is 3.01. The average molecular weight is 297 g/mol. The highest BCUT2D eigenvalue weighted by molar-refractivity contribution is 5.40. The molecule has 1 aliphatic rings. The summed E-state index contributed by atoms with van der Waals surface area (Å²) >= 11 is 0. The van der Waals surface area contributed by atoms with E-state index in [-0.39, 0.29) is 5.41 Å². The lowest BCUT2D eigenvalue weighted by molar-refractivity contribution is 0.176. The van der Waals surface area contributed by atoms with E-state index in [1.165, 1.54) is 29.7 Å². The van der Waals surface area contributed by atoms with Crippen molar-refractivity contribution in [3.63, 3.8) is 0 Å². The molecule has 3 rings (SSSR count). The highest BCUT2D eigenvalue weighted by Gasteiger charge is 2.39. The number of nitrogens with zero attached hydrogens (tertiary/aromatic N) is 1. The standard InChI is InChI=1S/C19H27N3/c1-16-8-12-21-18(16)19(17-6-3-2-4-7-17)9-14-22(15-10-19)13-5-11-20/h2-4,6-8,12,21H,5,9-11,13-15,20H2,1H3. The molecule has 0 saturated carbocycles. The van der Waals surface area contributed by atoms with E-state index in [1.54, 1.807) is 0 Å². The lowest BCUT2D eigenvalue weighted by Gasteiger charge is -2.42. The fraction of sp³-hybridized carbons (Fsp3) is 0.474. The van der Waals surface area contributed by atoms with Crippen LogP contribution < -0.4 is 5.73 Å². The van der Waals surface area contributed by atoms with Crippen molar-refractivity contribution in [2.24, 2.45) is 5.73 Å². The normalized spacial score (nSPS) is 18.5. The van der Waals surface area contributed by atoms with Gasteiger partial charge in [-0.3, -0.25) is 0 Å². The zero-order chi connectivity index (χ0) is 15.4. The summed E-state index contributed by atoms with van der Waals surface area (Å²) in [6.07, 6.45) is 5.52. The molecule has 1 fully saturated rings. The maximum Gasteiger partial charge on any atom is 0.0380 e. The molecule has 3 N–H and O–H groups in total. The molecule has 2 aromatic rings. The predicted octanol–water partition coefficient (Wildman–Crippen LogP) is 3.05. The van der Waals surface area contributed by atoms with Crippen molar-refractivity contribution in [1.82, 2.24) is 9.88 Å². The van der Waals surface area contributed by atoms with Crippen molar-refractivity contribution < 1.29 is 0 Å². The molecule has 0 spiro atoms. The zero-order valence-electron chi connectivity index (χ0n) is 13.5. The molecule has 0 aliphatic carbocycles. The number of nitrogens with two attached hydrogens (primary N) is 1. The molecule has 1 aromatic carbocycles. The SMILES string of the molecule is Cc1cc[nH]c1C1(c2ccccc2)CCN(CCCN)CC1. The number of benzene rings is 1. The van der Waals surface area contributed by atoms with Crippen molar-refractivity contribution in [1.29, 1.82) is 0 Å². The highest BCUT2D eigenvalue weighted by Crippen LogP contribution is 2.42. The minimum Gasteiger partial charge on any atom is -0.364 e. The van der Waals surface area contributed by atoms with Crippen LogP contribution >= 0.6 is 0 Å². The van der Waals surface area contributed by atoms with Gasteiger partial charge in [0.05, 0.1) is 0 Å². The zero-order valence-corrected chi connectivity index (χ0v) is 13.5. The first-order chi connectivity index (χ1) is 10.8. The van der Waals surface area contributed by atoms with Crippen LogP contribution in [-0.4, -0.2) is 36.1 Å². The summed E-state index contributed by atoms with van der Waals surface area (Å²) in [4.78, 5) is 6.10. The van der Waals surface area contributed by atoms with Crippen LogP contribution in [-0.2, 0) is 5.41 Å². The highest BCUT2D eigenvalue weighted by atomic mass is 15.1. The Hall–Kier alpha value is -1.58. The fourth-order valence-corrected chi connectivity index (χ4v) is 3.88. The first-order valence-corrected chi connectivity index (χ1v) is 8.39. The first-order valence-electron chi connectivity index (χ1n) is 8.39. The summed E-state index contributed by atoms with van der Waals surface area (Å²) in [5, 5.41) is 0. The summed E-state index contributed by atoms with van der Waals surface area (Å²) in [6, 6.07) is 13.2. The third kappa shape index (κ3) is 2.83. The molecule has 0 radical (unpaired) electrons. The second kappa shape index (κ2) is 6.67. The maximum atomic E-state index is 5.66. The summed E-state index contributed by atoms with van der Waals surface area (Å²) in [5.74, 6) is 0. The lowest BCUT2D eigenvalue weighted by atomic mass is 9.69. The minimum atomic E-state index is 0.133. The van der Waals surface area contributed by atoms with Crippen molar-refractivity contribution in [2.75, 3.05) is 26.2 Å². The van der Waals surface area contributed by atoms with E-state index >= 15 is 0 Å². The van der Waals surface area contributed by atoms with Crippen LogP contribution in [0.1, 0.15) is 36.1 Å². The lowest BCUT2D eigenvalue weighted by Crippen LogP contribution is -2.44. The van der Waals surface area contributed by atoms with E-state index in [0.717, 1.165) is 32.6 Å². The first kappa shape index (κ1) is 15.3. The van der Waals surface area contributed by atoms with E-state index in [0.29, 0.717) is 0 Å². The number of rotatable bonds is 5. The Morgan fingerprint density at radius 2 is 1.86 bits per heavy atom. The van der Waals surface area contributed by atoms with Gasteiger partial charge in [0.1, 0.15) is 0 Å². The quantitative estimate of drug-likeness (QED) is 0.891. The number of nitrogens with one attached hydrogen (secondary N) is 1. The molecule has 3 heteroatoms. The van der Waals surface area contributed by atoms with Gasteiger partial charge in [0.2, 0.25) is 0 Å². The van der Waals surface area contributed by atoms with Crippen LogP contribution in [0.15, 0.2) is 42.6 Å². The third-order valence-electron chi connectivity index (χ3n) is 5.15. The van der Waals surface area contributed by atoms with Gasteiger partial charge in [-0.25, -0.2) is 0 Å². The van der Waals surface area contributed by atoms with Gasteiger partial charge in [-0.1, -0.05) is 30.3 Å². The number of hydrogen-bond donors (Lipinski definition) is 2. The Morgan fingerprint density at radius 1 is 1.14 bits per heavy atom. The van der Waals surface area contributed by atoms with Crippen LogP contribution in [0.4, 0.5) is 0 Å². The van der Waals surface area contributed by atoms with Crippen LogP contribution in [0.5, 0.6) is 0 Å². The Labute approximate surface area is 133 Å². The third-order valence-corrected chi connectivity index (χ3v) is 5.15. The molecular weight excluding hydrogens is 270 g/mol. The molecule has 1 aromatic heterocycles. The maximum absolute atomic E-state index is 5.66. The van der Waals surface area contributed by atoms with Gasteiger partial charge in [-0.05, 0) is 69.6 Å². The van der Waals surface area contributed by atoms with Crippen LogP contribution in [0.2, 0.25) is 0 Å². The summed E-state index contributed by atoms with van der Waals surface area (Å²) in [5.41, 5.74) is 10.0. The number of hydrogen-bond acceptors (Lipinski definition) is 2. The Bertz CT molecular complexity index is 580. The number of aromatic nitrogens is 1. The van der Waals surface area contributed by atoms with Gasteiger partial charge >= 0.3 is 0 Å². The van der Waals surface area contributed by atoms with Crippen molar-refractivity contribution >= 4 is 0 Å². The second-order valence-corrected chi connectivity index (χ2v) is 6.47. The van der Waals surface area contributed by atoms with Crippen molar-refractivity contribution in [2.45, 2.75) is 31.6 Å². The molecular formula is C19H27N3. The van der Waals surface area contributed by atoms with Gasteiger partial charge in [0, 0.05) is 17.3 Å². The number of aromatic amines is 1. The molecule has 1 aliphatic heterocycles. The van der Waals surface area contributed by atoms with E-state index < -0.39 is 0 Å². The monoisotopic (exact) mass is 297 g/mol. The van der Waals surface area contributed by atoms with Gasteiger partial charge in [0.25, 0.3) is 0 Å². The van der Waals surface area contributed by atoms with Crippen LogP contribution in [0.3, 0.4) is 0 Å². The van der Waals surface area contributed by atoms with Gasteiger partial charge in [-0.15, -0.1) is 0 Å². The summed E-state index contributed by atoms with van der Waals surface area (Å²) in [7, 11) is 0. The fourth-order valence-electron chi connectivity index (χ4n) is 3.88. The van der Waals surface area contributed by atoms with E-state index in [9.17, 15) is 0 Å². The number of aryl methyl sites for hydroxylation is 1. The molecule has 22 heavy (non-hydrogen) atoms. The van der Waals surface area contributed by atoms with E-state index in [4.69, 9.17) is 5.73 Å². The molecule has 0 bridgehead atoms. The molecule has 0 atom stereocenters. The minimum absolute atomic E-state index is 0.133. The van der Waals surface area contributed by atoms with Crippen LogP contribution in [0, 0.1) is 6.92 Å². The smallest absolute Gasteiger partial charge is 0.0380 e. The molecule has 1 saturated heterocycles. The van der Waals surface area contributed by atoms with Crippen molar-refractivity contribution in [3.8, 4) is 0 Å². The molecule has 0 amide bonds. The number of piperidine rings is 1. The topological polar surface area (TPSA) is 45.0 Å². The Morgan fingerprint density at radius 3 is 2.45 bits per heavy atom. The molecule has 2 heterocycles. The van der Waals surface area contributed by atoms with E-state index in [2.05, 4.69) is 59.4 Å². The predicted molar refractivity (Wildman–Crippen MR) is 92.1 cm³/mol. The number of likely N-dealkylation sites (tertiary alicyclic amines) is 1. The summed E-state index contributed by atoms with van der Waals surface area (Å²) < 4.78 is 0. The molecule has 118 valence electrons. The molecule has 3 nitrogen and oxygen atoms in total. The van der Waals surface area contributed by atoms with Gasteiger partial charge < -0.3 is 15.6 Å². The van der Waals surface area contributed by atoms with Crippen LogP contribution in [0.25, 0.3) is 0 Å². The Balaban J connectivity index is 1.89. The van der Waals surface area contributed by atoms with Gasteiger partial charge in [-0.2, -0.15) is 0 Å². The second-order valence-electron chi connectivity index (χ2n) is 6.47. The van der Waals surface area contributed by atoms with E-state index in [1.807, 2.05) is 0 Å². The summed E-state index contributed by atoms with van der Waals surface area (Å²) in [6.45, 7) is 6.43. The Kier molecular flexibility index (Phi) is 4.65. The van der Waals surface area contributed by atoms with Crippen molar-refractivity contribution in [3.05, 3.63) is 59.4 Å². The molecule has 0 unspecified atom stereocenters. The largest absolute Gasteiger partial charge is 0.364 e. The van der Waals surface area contributed by atoms with Gasteiger partial charge in [0.15, 0.2) is 0 Å².